The summed E-state index contributed by atoms with van der Waals surface area (Å²) in [4.78, 5) is 27.3. The van der Waals surface area contributed by atoms with Crippen LogP contribution in [0.15, 0.2) is 40.9 Å². The zero-order valence-electron chi connectivity index (χ0n) is 16.0. The van der Waals surface area contributed by atoms with Gasteiger partial charge in [-0.2, -0.15) is 0 Å². The highest BCUT2D eigenvalue weighted by molar-refractivity contribution is 9.10. The Morgan fingerprint density at radius 3 is 2.44 bits per heavy atom. The van der Waals surface area contributed by atoms with Crippen molar-refractivity contribution in [2.75, 3.05) is 16.8 Å². The van der Waals surface area contributed by atoms with E-state index >= 15 is 0 Å². The van der Waals surface area contributed by atoms with E-state index in [1.54, 1.807) is 0 Å². The maximum Gasteiger partial charge on any atom is 0.229 e. The van der Waals surface area contributed by atoms with Gasteiger partial charge in [0.15, 0.2) is 0 Å². The topological polar surface area (TPSA) is 49.4 Å². The second-order valence-corrected chi connectivity index (χ2v) is 7.90. The van der Waals surface area contributed by atoms with Crippen molar-refractivity contribution in [3.63, 3.8) is 0 Å². The molecule has 1 heterocycles. The van der Waals surface area contributed by atoms with Crippen LogP contribution in [0.5, 0.6) is 0 Å². The summed E-state index contributed by atoms with van der Waals surface area (Å²) >= 11 is 3.43. The summed E-state index contributed by atoms with van der Waals surface area (Å²) in [6, 6.07) is 11.9. The molecule has 4 nitrogen and oxygen atoms in total. The lowest BCUT2D eigenvalue weighted by Crippen LogP contribution is -2.29. The van der Waals surface area contributed by atoms with Crippen LogP contribution in [-0.4, -0.2) is 18.4 Å². The lowest BCUT2D eigenvalue weighted by Gasteiger charge is -2.23. The van der Waals surface area contributed by atoms with E-state index in [1.165, 1.54) is 0 Å². The van der Waals surface area contributed by atoms with Gasteiger partial charge in [-0.3, -0.25) is 9.59 Å². The van der Waals surface area contributed by atoms with Gasteiger partial charge in [-0.25, -0.2) is 0 Å². The maximum atomic E-state index is 12.8. The van der Waals surface area contributed by atoms with Gasteiger partial charge in [0, 0.05) is 28.8 Å². The molecule has 0 saturated carbocycles. The lowest BCUT2D eigenvalue weighted by atomic mass is 10.0. The molecule has 1 N–H and O–H groups in total. The molecule has 27 heavy (non-hydrogen) atoms. The Morgan fingerprint density at radius 1 is 1.19 bits per heavy atom. The van der Waals surface area contributed by atoms with Crippen LogP contribution in [0.3, 0.4) is 0 Å². The number of rotatable bonds is 5. The Kier molecular flexibility index (Phi) is 6.00. The fourth-order valence-electron chi connectivity index (χ4n) is 3.66. The van der Waals surface area contributed by atoms with Crippen LogP contribution in [0, 0.1) is 12.8 Å². The molecular formula is C22H25BrN2O2. The highest BCUT2D eigenvalue weighted by atomic mass is 79.9. The normalized spacial score (nSPS) is 16.7. The van der Waals surface area contributed by atoms with Crippen LogP contribution in [0.1, 0.15) is 37.0 Å². The molecule has 2 amide bonds. The highest BCUT2D eigenvalue weighted by Crippen LogP contribution is 2.33. The zero-order chi connectivity index (χ0) is 19.6. The Bertz CT molecular complexity index is 856. The molecule has 142 valence electrons. The van der Waals surface area contributed by atoms with E-state index in [4.69, 9.17) is 0 Å². The minimum absolute atomic E-state index is 0.0262. The third-order valence-corrected chi connectivity index (χ3v) is 5.67. The third kappa shape index (κ3) is 4.08. The number of anilines is 2. The molecule has 3 rings (SSSR count). The molecule has 0 spiro atoms. The lowest BCUT2D eigenvalue weighted by molar-refractivity contribution is -0.122. The van der Waals surface area contributed by atoms with E-state index in [0.717, 1.165) is 45.4 Å². The van der Waals surface area contributed by atoms with Crippen molar-refractivity contribution in [3.05, 3.63) is 57.6 Å². The largest absolute Gasteiger partial charge is 0.326 e. The van der Waals surface area contributed by atoms with E-state index in [-0.39, 0.29) is 24.2 Å². The standard InChI is InChI=1S/C22H25BrN2O2/c1-4-15-7-6-8-16(5-2)21(15)25-13-17(12-20(25)26)22(27)24-19-10-9-18(23)11-14(19)3/h6-11,17H,4-5,12-13H2,1-3H3,(H,24,27)/t17-/m1/s1. The summed E-state index contributed by atoms with van der Waals surface area (Å²) < 4.78 is 0.975. The Balaban J connectivity index is 1.80. The maximum absolute atomic E-state index is 12.8. The first-order valence-electron chi connectivity index (χ1n) is 9.42. The molecule has 1 saturated heterocycles. The minimum atomic E-state index is -0.338. The average molecular weight is 429 g/mol. The number of nitrogens with zero attached hydrogens (tertiary/aromatic N) is 1. The molecule has 1 fully saturated rings. The molecular weight excluding hydrogens is 404 g/mol. The van der Waals surface area contributed by atoms with Crippen LogP contribution in [-0.2, 0) is 22.4 Å². The smallest absolute Gasteiger partial charge is 0.229 e. The predicted octanol–water partition coefficient (Wildman–Crippen LogP) is 4.87. The van der Waals surface area contributed by atoms with Gasteiger partial charge in [0.1, 0.15) is 0 Å². The number of carbonyl (C=O) groups is 2. The summed E-state index contributed by atoms with van der Waals surface area (Å²) in [5.74, 6) is -0.406. The number of aryl methyl sites for hydroxylation is 3. The van der Waals surface area contributed by atoms with Crippen molar-refractivity contribution in [2.24, 2.45) is 5.92 Å². The number of nitrogens with one attached hydrogen (secondary N) is 1. The average Bonchev–Trinajstić information content (AvgIpc) is 3.04. The zero-order valence-corrected chi connectivity index (χ0v) is 17.6. The van der Waals surface area contributed by atoms with Crippen LogP contribution in [0.2, 0.25) is 0 Å². The van der Waals surface area contributed by atoms with E-state index < -0.39 is 0 Å². The van der Waals surface area contributed by atoms with Crippen molar-refractivity contribution in [1.29, 1.82) is 0 Å². The molecule has 0 aliphatic carbocycles. The molecule has 1 aliphatic heterocycles. The summed E-state index contributed by atoms with van der Waals surface area (Å²) in [5, 5.41) is 2.99. The first kappa shape index (κ1) is 19.6. The van der Waals surface area contributed by atoms with Crippen molar-refractivity contribution in [1.82, 2.24) is 0 Å². The van der Waals surface area contributed by atoms with Crippen LogP contribution in [0.4, 0.5) is 11.4 Å². The van der Waals surface area contributed by atoms with E-state index in [9.17, 15) is 9.59 Å². The van der Waals surface area contributed by atoms with Gasteiger partial charge >= 0.3 is 0 Å². The fraction of sp³-hybridized carbons (Fsp3) is 0.364. The molecule has 2 aromatic rings. The molecule has 1 aliphatic rings. The molecule has 5 heteroatoms. The molecule has 2 aromatic carbocycles. The van der Waals surface area contributed by atoms with Crippen LogP contribution >= 0.6 is 15.9 Å². The first-order chi connectivity index (χ1) is 12.9. The second kappa shape index (κ2) is 8.26. The van der Waals surface area contributed by atoms with Gasteiger partial charge in [-0.05, 0) is 54.7 Å². The van der Waals surface area contributed by atoms with Crippen molar-refractivity contribution in [3.8, 4) is 0 Å². The number of halogens is 1. The first-order valence-corrected chi connectivity index (χ1v) is 10.2. The highest BCUT2D eigenvalue weighted by Gasteiger charge is 2.36. The Labute approximate surface area is 169 Å². The monoisotopic (exact) mass is 428 g/mol. The van der Waals surface area contributed by atoms with Gasteiger partial charge in [-0.1, -0.05) is 48.0 Å². The Morgan fingerprint density at radius 2 is 1.85 bits per heavy atom. The van der Waals surface area contributed by atoms with E-state index in [0.29, 0.717) is 6.54 Å². The third-order valence-electron chi connectivity index (χ3n) is 5.18. The summed E-state index contributed by atoms with van der Waals surface area (Å²) in [5.41, 5.74) is 5.10. The SMILES string of the molecule is CCc1cccc(CC)c1N1C[C@H](C(=O)Nc2ccc(Br)cc2C)CC1=O. The quantitative estimate of drug-likeness (QED) is 0.737. The number of hydrogen-bond donors (Lipinski definition) is 1. The number of para-hydroxylation sites is 1. The fourth-order valence-corrected chi connectivity index (χ4v) is 4.14. The minimum Gasteiger partial charge on any atom is -0.326 e. The van der Waals surface area contributed by atoms with Crippen molar-refractivity contribution >= 4 is 39.1 Å². The number of carbonyl (C=O) groups excluding carboxylic acids is 2. The van der Waals surface area contributed by atoms with Crippen molar-refractivity contribution < 1.29 is 9.59 Å². The van der Waals surface area contributed by atoms with Gasteiger partial charge < -0.3 is 10.2 Å². The number of benzene rings is 2. The molecule has 0 radical (unpaired) electrons. The molecule has 0 bridgehead atoms. The van der Waals surface area contributed by atoms with Crippen LogP contribution < -0.4 is 10.2 Å². The van der Waals surface area contributed by atoms with Gasteiger partial charge in [-0.15, -0.1) is 0 Å². The van der Waals surface area contributed by atoms with Gasteiger partial charge in [0.25, 0.3) is 0 Å². The van der Waals surface area contributed by atoms with Crippen molar-refractivity contribution in [2.45, 2.75) is 40.0 Å². The predicted molar refractivity (Wildman–Crippen MR) is 113 cm³/mol. The Hall–Kier alpha value is -2.14. The van der Waals surface area contributed by atoms with Crippen LogP contribution in [0.25, 0.3) is 0 Å². The molecule has 0 aromatic heterocycles. The van der Waals surface area contributed by atoms with E-state index in [2.05, 4.69) is 47.2 Å². The van der Waals surface area contributed by atoms with Gasteiger partial charge in [0.05, 0.1) is 5.92 Å². The van der Waals surface area contributed by atoms with E-state index in [1.807, 2.05) is 36.1 Å². The number of amides is 2. The summed E-state index contributed by atoms with van der Waals surface area (Å²) in [6.45, 7) is 6.58. The second-order valence-electron chi connectivity index (χ2n) is 6.99. The molecule has 0 unspecified atom stereocenters. The summed E-state index contributed by atoms with van der Waals surface area (Å²) in [6.07, 6.45) is 1.98. The van der Waals surface area contributed by atoms with Gasteiger partial charge in [0.2, 0.25) is 11.8 Å². The number of hydrogen-bond acceptors (Lipinski definition) is 2. The molecule has 1 atom stereocenters. The summed E-state index contributed by atoms with van der Waals surface area (Å²) in [7, 11) is 0.